The molecule has 5 nitrogen and oxygen atoms in total. The highest BCUT2D eigenvalue weighted by Crippen LogP contribution is 2.17. The van der Waals surface area contributed by atoms with Gasteiger partial charge in [-0.2, -0.15) is 0 Å². The van der Waals surface area contributed by atoms with E-state index >= 15 is 0 Å². The molecule has 0 atom stereocenters. The van der Waals surface area contributed by atoms with Crippen molar-refractivity contribution in [3.05, 3.63) is 53.5 Å². The van der Waals surface area contributed by atoms with Gasteiger partial charge in [-0.05, 0) is 36.7 Å². The third kappa shape index (κ3) is 4.17. The van der Waals surface area contributed by atoms with Crippen LogP contribution >= 0.6 is 0 Å². The molecule has 0 bridgehead atoms. The maximum absolute atomic E-state index is 12.4. The van der Waals surface area contributed by atoms with E-state index in [2.05, 4.69) is 10.0 Å². The number of sulfonamides is 1. The molecule has 2 N–H and O–H groups in total. The molecule has 1 heterocycles. The number of nitrogens with one attached hydrogen (secondary N) is 2. The van der Waals surface area contributed by atoms with Gasteiger partial charge in [0.25, 0.3) is 0 Å². The van der Waals surface area contributed by atoms with Gasteiger partial charge in [-0.15, -0.1) is 0 Å². The van der Waals surface area contributed by atoms with Crippen molar-refractivity contribution in [3.8, 4) is 0 Å². The fourth-order valence-electron chi connectivity index (χ4n) is 1.96. The molecular weight excluding hydrogens is 288 g/mol. The zero-order valence-electron chi connectivity index (χ0n) is 12.2. The summed E-state index contributed by atoms with van der Waals surface area (Å²) < 4.78 is 32.3. The highest BCUT2D eigenvalue weighted by molar-refractivity contribution is 7.89. The predicted octanol–water partition coefficient (Wildman–Crippen LogP) is 2.18. The van der Waals surface area contributed by atoms with Gasteiger partial charge < -0.3 is 9.73 Å². The summed E-state index contributed by atoms with van der Waals surface area (Å²) in [6.07, 6.45) is 3.04. The van der Waals surface area contributed by atoms with Crippen molar-refractivity contribution in [2.75, 3.05) is 6.54 Å². The van der Waals surface area contributed by atoms with Gasteiger partial charge in [0.15, 0.2) is 0 Å². The number of aryl methyl sites for hydroxylation is 1. The topological polar surface area (TPSA) is 71.3 Å². The maximum Gasteiger partial charge on any atom is 0.241 e. The van der Waals surface area contributed by atoms with Crippen LogP contribution < -0.4 is 10.0 Å². The van der Waals surface area contributed by atoms with Gasteiger partial charge in [0.05, 0.1) is 17.4 Å². The molecule has 2 rings (SSSR count). The first-order chi connectivity index (χ1) is 10.0. The van der Waals surface area contributed by atoms with E-state index in [9.17, 15) is 8.42 Å². The zero-order valence-corrected chi connectivity index (χ0v) is 13.0. The van der Waals surface area contributed by atoms with E-state index in [0.29, 0.717) is 11.4 Å². The number of hydrogen-bond acceptors (Lipinski definition) is 4. The van der Waals surface area contributed by atoms with Crippen LogP contribution in [0.15, 0.2) is 46.1 Å². The summed E-state index contributed by atoms with van der Waals surface area (Å²) in [4.78, 5) is 0.321. The summed E-state index contributed by atoms with van der Waals surface area (Å²) >= 11 is 0. The van der Waals surface area contributed by atoms with Gasteiger partial charge in [-0.1, -0.05) is 19.1 Å². The molecule has 114 valence electrons. The summed E-state index contributed by atoms with van der Waals surface area (Å²) in [5.74, 6) is 0. The highest BCUT2D eigenvalue weighted by atomic mass is 32.2. The lowest BCUT2D eigenvalue weighted by atomic mass is 10.1. The van der Waals surface area contributed by atoms with Crippen molar-refractivity contribution in [1.29, 1.82) is 0 Å². The molecular formula is C15H20N2O3S. The minimum Gasteiger partial charge on any atom is -0.472 e. The summed E-state index contributed by atoms with van der Waals surface area (Å²) in [5, 5.41) is 3.19. The Bertz CT molecular complexity index is 679. The third-order valence-corrected chi connectivity index (χ3v) is 4.71. The van der Waals surface area contributed by atoms with Crippen LogP contribution in [0.5, 0.6) is 0 Å². The van der Waals surface area contributed by atoms with Crippen molar-refractivity contribution >= 4 is 10.0 Å². The second kappa shape index (κ2) is 6.89. The molecule has 0 radical (unpaired) electrons. The van der Waals surface area contributed by atoms with Gasteiger partial charge in [-0.25, -0.2) is 13.1 Å². The monoisotopic (exact) mass is 308 g/mol. The van der Waals surface area contributed by atoms with E-state index < -0.39 is 10.0 Å². The largest absolute Gasteiger partial charge is 0.472 e. The van der Waals surface area contributed by atoms with Crippen molar-refractivity contribution in [1.82, 2.24) is 10.0 Å². The van der Waals surface area contributed by atoms with Crippen LogP contribution in [0.2, 0.25) is 0 Å². The molecule has 0 aliphatic rings. The summed E-state index contributed by atoms with van der Waals surface area (Å²) in [7, 11) is -3.53. The molecule has 0 saturated heterocycles. The standard InChI is InChI=1S/C15H20N2O3S/c1-3-16-9-13-5-4-12(2)15(8-13)21(18,19)17-10-14-6-7-20-11-14/h4-8,11,16-17H,3,9-10H2,1-2H3. The van der Waals surface area contributed by atoms with Crippen LogP contribution in [0.1, 0.15) is 23.6 Å². The molecule has 1 aromatic carbocycles. The Morgan fingerprint density at radius 1 is 1.14 bits per heavy atom. The first kappa shape index (κ1) is 15.8. The Morgan fingerprint density at radius 2 is 1.95 bits per heavy atom. The summed E-state index contributed by atoms with van der Waals surface area (Å²) in [6.45, 7) is 5.52. The molecule has 0 saturated carbocycles. The highest BCUT2D eigenvalue weighted by Gasteiger charge is 2.17. The van der Waals surface area contributed by atoms with Crippen LogP contribution in [0.4, 0.5) is 0 Å². The van der Waals surface area contributed by atoms with E-state index in [1.165, 1.54) is 12.5 Å². The molecule has 0 unspecified atom stereocenters. The molecule has 6 heteroatoms. The van der Waals surface area contributed by atoms with E-state index in [0.717, 1.165) is 23.2 Å². The minimum atomic E-state index is -3.53. The fourth-order valence-corrected chi connectivity index (χ4v) is 3.27. The average Bonchev–Trinajstić information content (AvgIpc) is 2.97. The molecule has 2 aromatic rings. The smallest absolute Gasteiger partial charge is 0.241 e. The molecule has 0 amide bonds. The van der Waals surface area contributed by atoms with Crippen LogP contribution in [-0.2, 0) is 23.1 Å². The molecule has 21 heavy (non-hydrogen) atoms. The molecule has 0 aliphatic carbocycles. The first-order valence-corrected chi connectivity index (χ1v) is 8.32. The molecule has 1 aromatic heterocycles. The average molecular weight is 308 g/mol. The Labute approximate surface area is 125 Å². The van der Waals surface area contributed by atoms with Crippen LogP contribution in [0, 0.1) is 6.92 Å². The molecule has 0 fully saturated rings. The Hall–Kier alpha value is -1.63. The number of hydrogen-bond donors (Lipinski definition) is 2. The Kier molecular flexibility index (Phi) is 5.17. The molecule has 0 spiro atoms. The minimum absolute atomic E-state index is 0.218. The van der Waals surface area contributed by atoms with Gasteiger partial charge in [-0.3, -0.25) is 0 Å². The van der Waals surface area contributed by atoms with Crippen molar-refractivity contribution in [3.63, 3.8) is 0 Å². The lowest BCUT2D eigenvalue weighted by Gasteiger charge is -2.11. The second-order valence-corrected chi connectivity index (χ2v) is 6.57. The SMILES string of the molecule is CCNCc1ccc(C)c(S(=O)(=O)NCc2ccoc2)c1. The number of rotatable bonds is 7. The van der Waals surface area contributed by atoms with Crippen LogP contribution in [0.25, 0.3) is 0 Å². The fraction of sp³-hybridized carbons (Fsp3) is 0.333. The Balaban J connectivity index is 2.17. The van der Waals surface area contributed by atoms with E-state index in [4.69, 9.17) is 4.42 Å². The quantitative estimate of drug-likeness (QED) is 0.822. The lowest BCUT2D eigenvalue weighted by molar-refractivity contribution is 0.561. The van der Waals surface area contributed by atoms with E-state index in [1.807, 2.05) is 19.1 Å². The normalized spacial score (nSPS) is 11.7. The van der Waals surface area contributed by atoms with Gasteiger partial charge in [0.2, 0.25) is 10.0 Å². The van der Waals surface area contributed by atoms with Crippen LogP contribution in [0.3, 0.4) is 0 Å². The van der Waals surface area contributed by atoms with Crippen LogP contribution in [-0.4, -0.2) is 15.0 Å². The first-order valence-electron chi connectivity index (χ1n) is 6.84. The third-order valence-electron chi connectivity index (χ3n) is 3.17. The zero-order chi connectivity index (χ0) is 15.3. The van der Waals surface area contributed by atoms with Gasteiger partial charge >= 0.3 is 0 Å². The van der Waals surface area contributed by atoms with Gasteiger partial charge in [0, 0.05) is 18.7 Å². The van der Waals surface area contributed by atoms with Gasteiger partial charge in [0.1, 0.15) is 0 Å². The summed E-state index contributed by atoms with van der Waals surface area (Å²) in [6, 6.07) is 7.22. The lowest BCUT2D eigenvalue weighted by Crippen LogP contribution is -2.24. The molecule has 0 aliphatic heterocycles. The Morgan fingerprint density at radius 3 is 2.62 bits per heavy atom. The van der Waals surface area contributed by atoms with Crippen molar-refractivity contribution < 1.29 is 12.8 Å². The second-order valence-electron chi connectivity index (χ2n) is 4.84. The number of benzene rings is 1. The predicted molar refractivity (Wildman–Crippen MR) is 81.3 cm³/mol. The van der Waals surface area contributed by atoms with Crippen molar-refractivity contribution in [2.24, 2.45) is 0 Å². The van der Waals surface area contributed by atoms with Crippen molar-refractivity contribution in [2.45, 2.75) is 31.8 Å². The maximum atomic E-state index is 12.4. The summed E-state index contributed by atoms with van der Waals surface area (Å²) in [5.41, 5.74) is 2.47. The number of furan rings is 1. The van der Waals surface area contributed by atoms with E-state index in [1.54, 1.807) is 19.1 Å². The van der Waals surface area contributed by atoms with E-state index in [-0.39, 0.29) is 6.54 Å².